The molecule has 2 aromatic heterocycles. The molecule has 21 heavy (non-hydrogen) atoms. The van der Waals surface area contributed by atoms with Crippen LogP contribution in [0.3, 0.4) is 0 Å². The zero-order valence-electron chi connectivity index (χ0n) is 11.6. The van der Waals surface area contributed by atoms with Crippen molar-refractivity contribution in [2.75, 3.05) is 0 Å². The number of nitrogens with zero attached hydrogens (tertiary/aromatic N) is 5. The van der Waals surface area contributed by atoms with Gasteiger partial charge in [0.15, 0.2) is 0 Å². The van der Waals surface area contributed by atoms with Crippen LogP contribution in [-0.4, -0.2) is 35.6 Å². The van der Waals surface area contributed by atoms with Gasteiger partial charge in [-0.05, 0) is 31.5 Å². The predicted octanol–water partition coefficient (Wildman–Crippen LogP) is 1.72. The summed E-state index contributed by atoms with van der Waals surface area (Å²) in [6, 6.07) is 5.03. The Balaban J connectivity index is 1.81. The number of carbonyl (C=O) groups is 1. The van der Waals surface area contributed by atoms with Crippen LogP contribution >= 0.6 is 0 Å². The molecule has 3 aromatic rings. The van der Waals surface area contributed by atoms with E-state index in [1.807, 2.05) is 19.2 Å². The van der Waals surface area contributed by atoms with Gasteiger partial charge in [0, 0.05) is 19.3 Å². The zero-order chi connectivity index (χ0) is 14.8. The standard InChI is InChI=1S/C14H15N5O2/c1-10-16-12-9-11(14(20)21)3-4-13(12)19(10)7-2-6-18-8-5-15-17-18/h3-5,8-9H,2,6-7H2,1H3,(H,20,21). The lowest BCUT2D eigenvalue weighted by atomic mass is 10.2. The molecular formula is C14H15N5O2. The van der Waals surface area contributed by atoms with Crippen LogP contribution in [0.15, 0.2) is 30.6 Å². The highest BCUT2D eigenvalue weighted by atomic mass is 16.4. The third-order valence-corrected chi connectivity index (χ3v) is 3.43. The van der Waals surface area contributed by atoms with Gasteiger partial charge in [-0.15, -0.1) is 5.10 Å². The van der Waals surface area contributed by atoms with Gasteiger partial charge in [-0.1, -0.05) is 5.21 Å². The van der Waals surface area contributed by atoms with E-state index in [0.717, 1.165) is 30.9 Å². The summed E-state index contributed by atoms with van der Waals surface area (Å²) in [4.78, 5) is 15.4. The molecule has 0 aliphatic carbocycles. The predicted molar refractivity (Wildman–Crippen MR) is 76.1 cm³/mol. The Morgan fingerprint density at radius 3 is 2.90 bits per heavy atom. The molecule has 2 heterocycles. The minimum absolute atomic E-state index is 0.259. The second-order valence-corrected chi connectivity index (χ2v) is 4.84. The highest BCUT2D eigenvalue weighted by Gasteiger charge is 2.10. The summed E-state index contributed by atoms with van der Waals surface area (Å²) in [7, 11) is 0. The SMILES string of the molecule is Cc1nc2cc(C(=O)O)ccc2n1CCCn1ccnn1. The Labute approximate surface area is 120 Å². The van der Waals surface area contributed by atoms with E-state index in [1.54, 1.807) is 23.0 Å². The van der Waals surface area contributed by atoms with Crippen LogP contribution in [0.25, 0.3) is 11.0 Å². The molecule has 0 aliphatic rings. The maximum Gasteiger partial charge on any atom is 0.335 e. The summed E-state index contributed by atoms with van der Waals surface area (Å²) in [5.41, 5.74) is 1.93. The third-order valence-electron chi connectivity index (χ3n) is 3.43. The number of hydrogen-bond acceptors (Lipinski definition) is 4. The molecular weight excluding hydrogens is 270 g/mol. The number of aromatic nitrogens is 5. The highest BCUT2D eigenvalue weighted by Crippen LogP contribution is 2.18. The smallest absolute Gasteiger partial charge is 0.335 e. The topological polar surface area (TPSA) is 85.8 Å². The Morgan fingerprint density at radius 2 is 2.19 bits per heavy atom. The molecule has 7 nitrogen and oxygen atoms in total. The molecule has 1 aromatic carbocycles. The zero-order valence-corrected chi connectivity index (χ0v) is 11.6. The Kier molecular flexibility index (Phi) is 3.39. The summed E-state index contributed by atoms with van der Waals surface area (Å²) in [5.74, 6) is -0.0542. The normalized spacial score (nSPS) is 11.1. The van der Waals surface area contributed by atoms with Crippen molar-refractivity contribution in [1.29, 1.82) is 0 Å². The minimum Gasteiger partial charge on any atom is -0.478 e. The molecule has 0 bridgehead atoms. The van der Waals surface area contributed by atoms with E-state index in [2.05, 4.69) is 19.9 Å². The van der Waals surface area contributed by atoms with Gasteiger partial charge in [-0.2, -0.15) is 0 Å². The lowest BCUT2D eigenvalue weighted by Gasteiger charge is -2.06. The number of aryl methyl sites for hydroxylation is 3. The van der Waals surface area contributed by atoms with Crippen molar-refractivity contribution in [2.45, 2.75) is 26.4 Å². The minimum atomic E-state index is -0.935. The van der Waals surface area contributed by atoms with Gasteiger partial charge in [0.2, 0.25) is 0 Å². The molecule has 0 unspecified atom stereocenters. The maximum absolute atomic E-state index is 11.0. The molecule has 0 saturated carbocycles. The van der Waals surface area contributed by atoms with Gasteiger partial charge in [0.1, 0.15) is 5.82 Å². The fraction of sp³-hybridized carbons (Fsp3) is 0.286. The van der Waals surface area contributed by atoms with Crippen LogP contribution < -0.4 is 0 Å². The first-order chi connectivity index (χ1) is 10.1. The van der Waals surface area contributed by atoms with Crippen molar-refractivity contribution in [1.82, 2.24) is 24.5 Å². The van der Waals surface area contributed by atoms with Crippen LogP contribution in [0.1, 0.15) is 22.6 Å². The largest absolute Gasteiger partial charge is 0.478 e. The third kappa shape index (κ3) is 2.62. The average molecular weight is 285 g/mol. The monoisotopic (exact) mass is 285 g/mol. The maximum atomic E-state index is 11.0. The van der Waals surface area contributed by atoms with E-state index in [4.69, 9.17) is 5.11 Å². The summed E-state index contributed by atoms with van der Waals surface area (Å²) in [6.07, 6.45) is 4.39. The summed E-state index contributed by atoms with van der Waals surface area (Å²) in [5, 5.41) is 16.7. The van der Waals surface area contributed by atoms with Crippen molar-refractivity contribution < 1.29 is 9.90 Å². The fourth-order valence-corrected chi connectivity index (χ4v) is 2.41. The number of rotatable bonds is 5. The second-order valence-electron chi connectivity index (χ2n) is 4.84. The number of benzene rings is 1. The number of carboxylic acid groups (broad SMARTS) is 1. The quantitative estimate of drug-likeness (QED) is 0.771. The highest BCUT2D eigenvalue weighted by molar-refractivity contribution is 5.92. The second kappa shape index (κ2) is 5.35. The van der Waals surface area contributed by atoms with Gasteiger partial charge in [-0.25, -0.2) is 9.78 Å². The van der Waals surface area contributed by atoms with E-state index in [1.165, 1.54) is 0 Å². The van der Waals surface area contributed by atoms with Crippen molar-refractivity contribution in [3.8, 4) is 0 Å². The molecule has 0 atom stereocenters. The fourth-order valence-electron chi connectivity index (χ4n) is 2.41. The number of hydrogen-bond donors (Lipinski definition) is 1. The van der Waals surface area contributed by atoms with Gasteiger partial charge in [0.25, 0.3) is 0 Å². The van der Waals surface area contributed by atoms with E-state index in [0.29, 0.717) is 5.52 Å². The van der Waals surface area contributed by atoms with Gasteiger partial charge >= 0.3 is 5.97 Å². The molecule has 0 fully saturated rings. The molecule has 0 spiro atoms. The van der Waals surface area contributed by atoms with Crippen LogP contribution in [0, 0.1) is 6.92 Å². The van der Waals surface area contributed by atoms with Crippen LogP contribution in [0.2, 0.25) is 0 Å². The molecule has 0 radical (unpaired) electrons. The van der Waals surface area contributed by atoms with Crippen molar-refractivity contribution >= 4 is 17.0 Å². The Hall–Kier alpha value is -2.70. The average Bonchev–Trinajstić information content (AvgIpc) is 3.06. The number of fused-ring (bicyclic) bond motifs is 1. The molecule has 1 N–H and O–H groups in total. The van der Waals surface area contributed by atoms with Gasteiger partial charge in [0.05, 0.1) is 22.8 Å². The molecule has 0 saturated heterocycles. The van der Waals surface area contributed by atoms with E-state index < -0.39 is 5.97 Å². The molecule has 0 aliphatic heterocycles. The first kappa shape index (κ1) is 13.3. The van der Waals surface area contributed by atoms with E-state index >= 15 is 0 Å². The molecule has 3 rings (SSSR count). The first-order valence-corrected chi connectivity index (χ1v) is 6.69. The molecule has 7 heteroatoms. The molecule has 108 valence electrons. The lowest BCUT2D eigenvalue weighted by molar-refractivity contribution is 0.0697. The first-order valence-electron chi connectivity index (χ1n) is 6.69. The molecule has 0 amide bonds. The van der Waals surface area contributed by atoms with Crippen LogP contribution in [0.5, 0.6) is 0 Å². The Morgan fingerprint density at radius 1 is 1.33 bits per heavy atom. The van der Waals surface area contributed by atoms with Crippen LogP contribution in [-0.2, 0) is 13.1 Å². The summed E-state index contributed by atoms with van der Waals surface area (Å²) < 4.78 is 3.88. The van der Waals surface area contributed by atoms with Crippen molar-refractivity contribution in [3.63, 3.8) is 0 Å². The van der Waals surface area contributed by atoms with E-state index in [9.17, 15) is 4.79 Å². The lowest BCUT2D eigenvalue weighted by Crippen LogP contribution is -2.06. The Bertz CT molecular complexity index is 776. The number of carboxylic acids is 1. The van der Waals surface area contributed by atoms with Gasteiger partial charge < -0.3 is 9.67 Å². The summed E-state index contributed by atoms with van der Waals surface area (Å²) in [6.45, 7) is 3.51. The van der Waals surface area contributed by atoms with Crippen molar-refractivity contribution in [2.24, 2.45) is 0 Å². The summed E-state index contributed by atoms with van der Waals surface area (Å²) >= 11 is 0. The van der Waals surface area contributed by atoms with Gasteiger partial charge in [-0.3, -0.25) is 4.68 Å². The van der Waals surface area contributed by atoms with Crippen molar-refractivity contribution in [3.05, 3.63) is 42.0 Å². The van der Waals surface area contributed by atoms with E-state index in [-0.39, 0.29) is 5.56 Å². The number of imidazole rings is 1. The van der Waals surface area contributed by atoms with Crippen LogP contribution in [0.4, 0.5) is 0 Å². The number of aromatic carboxylic acids is 1.